The van der Waals surface area contributed by atoms with Gasteiger partial charge in [0.2, 0.25) is 5.88 Å². The standard InChI is InChI=1S/C17H18N2O/c1-12-6-9-16(19-11-12)20-15-8-7-13(18-5)10-14(15)17(2,3)4/h6-11H,1-4H3. The number of rotatable bonds is 2. The number of nitrogens with zero attached hydrogens (tertiary/aromatic N) is 2. The van der Waals surface area contributed by atoms with E-state index in [1.807, 2.05) is 31.2 Å². The van der Waals surface area contributed by atoms with Gasteiger partial charge in [-0.25, -0.2) is 9.83 Å². The molecule has 0 unspecified atom stereocenters. The number of ether oxygens (including phenoxy) is 1. The van der Waals surface area contributed by atoms with Gasteiger partial charge < -0.3 is 4.74 Å². The lowest BCUT2D eigenvalue weighted by molar-refractivity contribution is 0.440. The van der Waals surface area contributed by atoms with Crippen LogP contribution in [0.15, 0.2) is 36.5 Å². The van der Waals surface area contributed by atoms with Gasteiger partial charge in [0.15, 0.2) is 5.69 Å². The molecule has 1 aromatic carbocycles. The van der Waals surface area contributed by atoms with Crippen molar-refractivity contribution in [3.63, 3.8) is 0 Å². The summed E-state index contributed by atoms with van der Waals surface area (Å²) in [6.45, 7) is 15.4. The minimum atomic E-state index is -0.0965. The van der Waals surface area contributed by atoms with Gasteiger partial charge in [0.05, 0.1) is 6.57 Å². The zero-order chi connectivity index (χ0) is 14.8. The van der Waals surface area contributed by atoms with Gasteiger partial charge in [0, 0.05) is 12.3 Å². The van der Waals surface area contributed by atoms with Crippen LogP contribution in [0, 0.1) is 13.5 Å². The first-order chi connectivity index (χ1) is 9.40. The number of aryl methyl sites for hydroxylation is 1. The first-order valence-corrected chi connectivity index (χ1v) is 6.52. The van der Waals surface area contributed by atoms with Crippen molar-refractivity contribution in [1.82, 2.24) is 4.98 Å². The maximum Gasteiger partial charge on any atom is 0.219 e. The van der Waals surface area contributed by atoms with Crippen LogP contribution in [-0.2, 0) is 5.41 Å². The highest BCUT2D eigenvalue weighted by Crippen LogP contribution is 2.36. The van der Waals surface area contributed by atoms with Gasteiger partial charge in [-0.05, 0) is 35.6 Å². The fourth-order valence-corrected chi connectivity index (χ4v) is 1.89. The Morgan fingerprint density at radius 1 is 1.15 bits per heavy atom. The van der Waals surface area contributed by atoms with E-state index in [2.05, 4.69) is 30.6 Å². The van der Waals surface area contributed by atoms with Crippen LogP contribution in [0.5, 0.6) is 11.6 Å². The predicted octanol–water partition coefficient (Wildman–Crippen LogP) is 5.03. The lowest BCUT2D eigenvalue weighted by Gasteiger charge is -2.23. The van der Waals surface area contributed by atoms with Crippen molar-refractivity contribution in [2.24, 2.45) is 0 Å². The summed E-state index contributed by atoms with van der Waals surface area (Å²) in [5, 5.41) is 0. The van der Waals surface area contributed by atoms with E-state index < -0.39 is 0 Å². The quantitative estimate of drug-likeness (QED) is 0.712. The number of hydrogen-bond donors (Lipinski definition) is 0. The molecule has 1 aromatic heterocycles. The fraction of sp³-hybridized carbons (Fsp3) is 0.294. The molecule has 0 saturated heterocycles. The molecular formula is C17H18N2O. The second-order valence-electron chi connectivity index (χ2n) is 5.82. The second-order valence-corrected chi connectivity index (χ2v) is 5.82. The monoisotopic (exact) mass is 266 g/mol. The van der Waals surface area contributed by atoms with E-state index in [1.54, 1.807) is 12.3 Å². The first kappa shape index (κ1) is 14.1. The van der Waals surface area contributed by atoms with E-state index in [9.17, 15) is 0 Å². The van der Waals surface area contributed by atoms with Crippen LogP contribution >= 0.6 is 0 Å². The molecule has 3 heteroatoms. The Balaban J connectivity index is 2.41. The molecule has 0 atom stereocenters. The maximum absolute atomic E-state index is 7.13. The maximum atomic E-state index is 7.13. The molecule has 102 valence electrons. The van der Waals surface area contributed by atoms with Gasteiger partial charge in [0.25, 0.3) is 0 Å². The molecule has 0 N–H and O–H groups in total. The Hall–Kier alpha value is -2.34. The molecule has 0 saturated carbocycles. The summed E-state index contributed by atoms with van der Waals surface area (Å²) >= 11 is 0. The molecule has 2 rings (SSSR count). The smallest absolute Gasteiger partial charge is 0.219 e. The average Bonchev–Trinajstić information content (AvgIpc) is 2.40. The van der Waals surface area contributed by atoms with Gasteiger partial charge in [0.1, 0.15) is 5.75 Å². The molecule has 1 heterocycles. The average molecular weight is 266 g/mol. The summed E-state index contributed by atoms with van der Waals surface area (Å²) in [4.78, 5) is 7.74. The molecule has 0 bridgehead atoms. The van der Waals surface area contributed by atoms with Crippen LogP contribution in [0.25, 0.3) is 4.85 Å². The van der Waals surface area contributed by atoms with E-state index in [0.717, 1.165) is 16.9 Å². The first-order valence-electron chi connectivity index (χ1n) is 6.52. The van der Waals surface area contributed by atoms with Crippen molar-refractivity contribution < 1.29 is 4.74 Å². The highest BCUT2D eigenvalue weighted by atomic mass is 16.5. The van der Waals surface area contributed by atoms with E-state index in [1.165, 1.54) is 0 Å². The number of aromatic nitrogens is 1. The highest BCUT2D eigenvalue weighted by Gasteiger charge is 2.20. The SMILES string of the molecule is [C-]#[N+]c1ccc(Oc2ccc(C)cn2)c(C(C)(C)C)c1. The van der Waals surface area contributed by atoms with Gasteiger partial charge in [-0.1, -0.05) is 32.9 Å². The van der Waals surface area contributed by atoms with Crippen molar-refractivity contribution in [2.75, 3.05) is 0 Å². The van der Waals surface area contributed by atoms with Crippen molar-refractivity contribution >= 4 is 5.69 Å². The van der Waals surface area contributed by atoms with Crippen molar-refractivity contribution in [2.45, 2.75) is 33.1 Å². The Bertz CT molecular complexity index is 646. The molecule has 0 radical (unpaired) electrons. The van der Waals surface area contributed by atoms with Crippen molar-refractivity contribution in [3.05, 3.63) is 59.1 Å². The Morgan fingerprint density at radius 3 is 2.45 bits per heavy atom. The van der Waals surface area contributed by atoms with E-state index in [-0.39, 0.29) is 5.41 Å². The predicted molar refractivity (Wildman–Crippen MR) is 80.5 cm³/mol. The number of benzene rings is 1. The van der Waals surface area contributed by atoms with Crippen molar-refractivity contribution in [1.29, 1.82) is 0 Å². The third-order valence-electron chi connectivity index (χ3n) is 3.00. The van der Waals surface area contributed by atoms with E-state index in [4.69, 9.17) is 11.3 Å². The third-order valence-corrected chi connectivity index (χ3v) is 3.00. The number of hydrogen-bond acceptors (Lipinski definition) is 2. The van der Waals surface area contributed by atoms with Crippen LogP contribution in [0.1, 0.15) is 31.9 Å². The van der Waals surface area contributed by atoms with Crippen LogP contribution < -0.4 is 4.74 Å². The van der Waals surface area contributed by atoms with Crippen LogP contribution in [0.3, 0.4) is 0 Å². The molecule has 2 aromatic rings. The zero-order valence-electron chi connectivity index (χ0n) is 12.3. The Labute approximate surface area is 120 Å². The minimum absolute atomic E-state index is 0.0965. The summed E-state index contributed by atoms with van der Waals surface area (Å²) in [6.07, 6.45) is 1.78. The van der Waals surface area contributed by atoms with Gasteiger partial charge >= 0.3 is 0 Å². The molecule has 3 nitrogen and oxygen atoms in total. The molecule has 0 fully saturated rings. The summed E-state index contributed by atoms with van der Waals surface area (Å²) in [5.41, 5.74) is 2.63. The van der Waals surface area contributed by atoms with Crippen LogP contribution in [-0.4, -0.2) is 4.98 Å². The largest absolute Gasteiger partial charge is 0.439 e. The lowest BCUT2D eigenvalue weighted by atomic mass is 9.86. The van der Waals surface area contributed by atoms with Gasteiger partial charge in [-0.15, -0.1) is 0 Å². The fourth-order valence-electron chi connectivity index (χ4n) is 1.89. The Kier molecular flexibility index (Phi) is 3.76. The molecule has 0 aliphatic rings. The number of pyridine rings is 1. The van der Waals surface area contributed by atoms with Crippen LogP contribution in [0.2, 0.25) is 0 Å². The molecule has 0 aliphatic carbocycles. The van der Waals surface area contributed by atoms with Gasteiger partial charge in [-0.3, -0.25) is 0 Å². The topological polar surface area (TPSA) is 26.5 Å². The summed E-state index contributed by atoms with van der Waals surface area (Å²) in [6, 6.07) is 9.31. The van der Waals surface area contributed by atoms with Gasteiger partial charge in [-0.2, -0.15) is 0 Å². The summed E-state index contributed by atoms with van der Waals surface area (Å²) in [5.74, 6) is 1.32. The lowest BCUT2D eigenvalue weighted by Crippen LogP contribution is -2.12. The molecular weight excluding hydrogens is 248 g/mol. The van der Waals surface area contributed by atoms with Crippen LogP contribution in [0.4, 0.5) is 5.69 Å². The summed E-state index contributed by atoms with van der Waals surface area (Å²) < 4.78 is 5.88. The minimum Gasteiger partial charge on any atom is -0.439 e. The van der Waals surface area contributed by atoms with Crippen molar-refractivity contribution in [3.8, 4) is 11.6 Å². The molecule has 0 aliphatic heterocycles. The molecule has 0 amide bonds. The third kappa shape index (κ3) is 3.16. The zero-order valence-corrected chi connectivity index (χ0v) is 12.3. The second kappa shape index (κ2) is 5.34. The molecule has 0 spiro atoms. The summed E-state index contributed by atoms with van der Waals surface area (Å²) in [7, 11) is 0. The van der Waals surface area contributed by atoms with E-state index >= 15 is 0 Å². The highest BCUT2D eigenvalue weighted by molar-refractivity contribution is 5.54. The molecule has 20 heavy (non-hydrogen) atoms. The van der Waals surface area contributed by atoms with E-state index in [0.29, 0.717) is 11.6 Å². The normalized spacial score (nSPS) is 10.9. The Morgan fingerprint density at radius 2 is 1.90 bits per heavy atom.